The zero-order valence-corrected chi connectivity index (χ0v) is 18.0. The van der Waals surface area contributed by atoms with Gasteiger partial charge in [-0.1, -0.05) is 74.8 Å². The fourth-order valence-corrected chi connectivity index (χ4v) is 4.13. The van der Waals surface area contributed by atoms with Crippen LogP contribution in [0.15, 0.2) is 77.7 Å². The number of ketones is 1. The molecule has 0 fully saturated rings. The highest BCUT2D eigenvalue weighted by Crippen LogP contribution is 2.27. The van der Waals surface area contributed by atoms with Gasteiger partial charge >= 0.3 is 0 Å². The van der Waals surface area contributed by atoms with Crippen molar-refractivity contribution in [3.05, 3.63) is 94.5 Å². The normalized spacial score (nSPS) is 11.9. The monoisotopic (exact) mass is 427 g/mol. The van der Waals surface area contributed by atoms with Gasteiger partial charge in [-0.2, -0.15) is 0 Å². The molecule has 0 aliphatic carbocycles. The van der Waals surface area contributed by atoms with Crippen LogP contribution in [-0.4, -0.2) is 14.2 Å². The molecule has 0 bridgehead atoms. The molecule has 3 aromatic carbocycles. The van der Waals surface area contributed by atoms with E-state index in [0.29, 0.717) is 10.6 Å². The molecule has 3 rings (SSSR count). The van der Waals surface area contributed by atoms with Crippen LogP contribution in [0.25, 0.3) is 0 Å². The zero-order chi connectivity index (χ0) is 21.2. The lowest BCUT2D eigenvalue weighted by Crippen LogP contribution is -2.17. The van der Waals surface area contributed by atoms with Gasteiger partial charge in [0.05, 0.1) is 10.6 Å². The Hall–Kier alpha value is -2.63. The van der Waals surface area contributed by atoms with Gasteiger partial charge < -0.3 is 0 Å². The van der Waals surface area contributed by atoms with Gasteiger partial charge in [-0.3, -0.25) is 9.52 Å². The minimum atomic E-state index is -3.87. The highest BCUT2D eigenvalue weighted by atomic mass is 35.5. The molecule has 0 radical (unpaired) electrons. The molecule has 0 saturated heterocycles. The molecule has 3 aromatic rings. The fourth-order valence-electron chi connectivity index (χ4n) is 2.88. The average Bonchev–Trinajstić information content (AvgIpc) is 2.69. The summed E-state index contributed by atoms with van der Waals surface area (Å²) in [6.45, 7) is 6.18. The Bertz CT molecular complexity index is 1130. The SMILES string of the molecule is CC(C)(C)c1ccc(S(=O)(=O)Nc2ccc(Cl)cc2C(=O)c2ccccc2)cc1. The van der Waals surface area contributed by atoms with Crippen LogP contribution >= 0.6 is 11.6 Å². The summed E-state index contributed by atoms with van der Waals surface area (Å²) in [4.78, 5) is 13.0. The van der Waals surface area contributed by atoms with Crippen LogP contribution < -0.4 is 4.72 Å². The summed E-state index contributed by atoms with van der Waals surface area (Å²) in [5, 5.41) is 0.349. The molecule has 0 spiro atoms. The van der Waals surface area contributed by atoms with E-state index >= 15 is 0 Å². The molecule has 29 heavy (non-hydrogen) atoms. The topological polar surface area (TPSA) is 63.2 Å². The number of rotatable bonds is 5. The Labute approximate surface area is 176 Å². The molecule has 0 saturated carbocycles. The first kappa shape index (κ1) is 21.1. The van der Waals surface area contributed by atoms with Crippen LogP contribution in [-0.2, 0) is 15.4 Å². The Kier molecular flexibility index (Phi) is 5.82. The molecule has 4 nitrogen and oxygen atoms in total. The standard InChI is InChI=1S/C23H22ClNO3S/c1-23(2,3)17-9-12-19(13-10-17)29(27,28)25-21-14-11-18(24)15-20(21)22(26)16-7-5-4-6-8-16/h4-15,25H,1-3H3. The third-order valence-corrected chi connectivity index (χ3v) is 6.15. The van der Waals surface area contributed by atoms with Crippen LogP contribution in [0, 0.1) is 0 Å². The van der Waals surface area contributed by atoms with Crippen LogP contribution in [0.3, 0.4) is 0 Å². The van der Waals surface area contributed by atoms with E-state index in [-0.39, 0.29) is 27.3 Å². The van der Waals surface area contributed by atoms with Crippen molar-refractivity contribution in [2.75, 3.05) is 4.72 Å². The van der Waals surface area contributed by atoms with Crippen LogP contribution in [0.1, 0.15) is 42.3 Å². The number of carbonyl (C=O) groups excluding carboxylic acids is 1. The molecule has 0 aromatic heterocycles. The smallest absolute Gasteiger partial charge is 0.261 e. The molecular weight excluding hydrogens is 406 g/mol. The summed E-state index contributed by atoms with van der Waals surface area (Å²) < 4.78 is 28.3. The summed E-state index contributed by atoms with van der Waals surface area (Å²) in [6.07, 6.45) is 0. The second-order valence-electron chi connectivity index (χ2n) is 7.76. The van der Waals surface area contributed by atoms with E-state index < -0.39 is 10.0 Å². The molecule has 0 heterocycles. The second kappa shape index (κ2) is 8.01. The van der Waals surface area contributed by atoms with Crippen molar-refractivity contribution in [1.82, 2.24) is 0 Å². The van der Waals surface area contributed by atoms with Crippen molar-refractivity contribution in [3.8, 4) is 0 Å². The van der Waals surface area contributed by atoms with E-state index in [9.17, 15) is 13.2 Å². The van der Waals surface area contributed by atoms with Crippen LogP contribution in [0.5, 0.6) is 0 Å². The predicted octanol–water partition coefficient (Wildman–Crippen LogP) is 5.67. The molecule has 6 heteroatoms. The maximum absolute atomic E-state index is 12.9. The highest BCUT2D eigenvalue weighted by molar-refractivity contribution is 7.92. The van der Waals surface area contributed by atoms with Gasteiger partial charge in [0.25, 0.3) is 10.0 Å². The third-order valence-electron chi connectivity index (χ3n) is 4.54. The van der Waals surface area contributed by atoms with Crippen molar-refractivity contribution in [2.45, 2.75) is 31.1 Å². The average molecular weight is 428 g/mol. The molecule has 0 aliphatic heterocycles. The van der Waals surface area contributed by atoms with E-state index in [0.717, 1.165) is 5.56 Å². The maximum atomic E-state index is 12.9. The van der Waals surface area contributed by atoms with E-state index in [1.54, 1.807) is 60.7 Å². The molecule has 0 aliphatic rings. The van der Waals surface area contributed by atoms with Crippen LogP contribution in [0.4, 0.5) is 5.69 Å². The van der Waals surface area contributed by atoms with Crippen molar-refractivity contribution < 1.29 is 13.2 Å². The first-order chi connectivity index (χ1) is 13.6. The van der Waals surface area contributed by atoms with E-state index in [4.69, 9.17) is 11.6 Å². The molecule has 0 amide bonds. The third kappa shape index (κ3) is 4.86. The van der Waals surface area contributed by atoms with Gasteiger partial charge in [0.1, 0.15) is 0 Å². The van der Waals surface area contributed by atoms with E-state index in [2.05, 4.69) is 25.5 Å². The Balaban J connectivity index is 1.96. The number of hydrogen-bond acceptors (Lipinski definition) is 3. The number of carbonyl (C=O) groups is 1. The quantitative estimate of drug-likeness (QED) is 0.533. The largest absolute Gasteiger partial charge is 0.289 e. The van der Waals surface area contributed by atoms with E-state index in [1.165, 1.54) is 12.1 Å². The lowest BCUT2D eigenvalue weighted by molar-refractivity contribution is 0.103. The molecule has 150 valence electrons. The number of nitrogens with one attached hydrogen (secondary N) is 1. The van der Waals surface area contributed by atoms with Crippen LogP contribution in [0.2, 0.25) is 5.02 Å². The number of halogens is 1. The maximum Gasteiger partial charge on any atom is 0.261 e. The molecule has 0 unspecified atom stereocenters. The lowest BCUT2D eigenvalue weighted by Gasteiger charge is -2.19. The van der Waals surface area contributed by atoms with Crippen molar-refractivity contribution in [2.24, 2.45) is 0 Å². The zero-order valence-electron chi connectivity index (χ0n) is 16.4. The summed E-state index contributed by atoms with van der Waals surface area (Å²) in [7, 11) is -3.87. The molecular formula is C23H22ClNO3S. The first-order valence-corrected chi connectivity index (χ1v) is 11.0. The minimum Gasteiger partial charge on any atom is -0.289 e. The molecule has 1 N–H and O–H groups in total. The predicted molar refractivity (Wildman–Crippen MR) is 117 cm³/mol. The van der Waals surface area contributed by atoms with Crippen molar-refractivity contribution >= 4 is 33.1 Å². The highest BCUT2D eigenvalue weighted by Gasteiger charge is 2.21. The number of sulfonamides is 1. The lowest BCUT2D eigenvalue weighted by atomic mass is 9.87. The van der Waals surface area contributed by atoms with Crippen molar-refractivity contribution in [3.63, 3.8) is 0 Å². The Morgan fingerprint density at radius 1 is 0.897 bits per heavy atom. The summed E-state index contributed by atoms with van der Waals surface area (Å²) in [5.41, 5.74) is 1.77. The summed E-state index contributed by atoms with van der Waals surface area (Å²) in [5.74, 6) is -0.311. The fraction of sp³-hybridized carbons (Fsp3) is 0.174. The number of anilines is 1. The number of benzene rings is 3. The summed E-state index contributed by atoms with van der Waals surface area (Å²) in [6, 6.07) is 19.9. The number of hydrogen-bond donors (Lipinski definition) is 1. The second-order valence-corrected chi connectivity index (χ2v) is 9.88. The van der Waals surface area contributed by atoms with Gasteiger partial charge in [-0.05, 0) is 41.3 Å². The summed E-state index contributed by atoms with van der Waals surface area (Å²) >= 11 is 6.07. The van der Waals surface area contributed by atoms with Gasteiger partial charge in [-0.15, -0.1) is 0 Å². The Morgan fingerprint density at radius 3 is 2.10 bits per heavy atom. The van der Waals surface area contributed by atoms with E-state index in [1.807, 2.05) is 0 Å². The van der Waals surface area contributed by atoms with Gasteiger partial charge in [0.2, 0.25) is 0 Å². The molecule has 0 atom stereocenters. The van der Waals surface area contributed by atoms with Crippen molar-refractivity contribution in [1.29, 1.82) is 0 Å². The van der Waals surface area contributed by atoms with Gasteiger partial charge in [0, 0.05) is 16.1 Å². The minimum absolute atomic E-state index is 0.0822. The van der Waals surface area contributed by atoms with Gasteiger partial charge in [-0.25, -0.2) is 8.42 Å². The Morgan fingerprint density at radius 2 is 1.52 bits per heavy atom. The first-order valence-electron chi connectivity index (χ1n) is 9.10. The van der Waals surface area contributed by atoms with Gasteiger partial charge in [0.15, 0.2) is 5.78 Å².